The lowest BCUT2D eigenvalue weighted by molar-refractivity contribution is -0.122. The molecule has 0 N–H and O–H groups in total. The fourth-order valence-corrected chi connectivity index (χ4v) is 2.33. The van der Waals surface area contributed by atoms with Gasteiger partial charge in [-0.2, -0.15) is 12.6 Å². The van der Waals surface area contributed by atoms with E-state index < -0.39 is 5.25 Å². The second kappa shape index (κ2) is 5.79. The van der Waals surface area contributed by atoms with Crippen LogP contribution in [0, 0.1) is 5.92 Å². The fraction of sp³-hybridized carbons (Fsp3) is 0.400. The van der Waals surface area contributed by atoms with Crippen LogP contribution in [-0.2, 0) is 20.8 Å². The lowest BCUT2D eigenvalue weighted by atomic mass is 10.0. The Labute approximate surface area is 123 Å². The smallest absolute Gasteiger partial charge is 0.247 e. The molecule has 1 unspecified atom stereocenters. The highest BCUT2D eigenvalue weighted by atomic mass is 32.1. The number of hydrogen-bond donors (Lipinski definition) is 1. The molecule has 0 aromatic heterocycles. The second-order valence-electron chi connectivity index (χ2n) is 5.25. The zero-order chi connectivity index (χ0) is 14.9. The summed E-state index contributed by atoms with van der Waals surface area (Å²) in [5.41, 5.74) is 1.42. The third kappa shape index (κ3) is 2.93. The summed E-state index contributed by atoms with van der Waals surface area (Å²) in [5, 5.41) is -0.551. The van der Waals surface area contributed by atoms with Crippen molar-refractivity contribution in [3.05, 3.63) is 29.8 Å². The summed E-state index contributed by atoms with van der Waals surface area (Å²) in [7, 11) is 0. The molecular weight excluding hydrogens is 274 g/mol. The third-order valence-corrected chi connectivity index (χ3v) is 3.74. The zero-order valence-corrected chi connectivity index (χ0v) is 12.4. The number of nitrogens with zero attached hydrogens (tertiary/aromatic N) is 1. The van der Waals surface area contributed by atoms with Gasteiger partial charge in [0.05, 0.1) is 10.9 Å². The summed E-state index contributed by atoms with van der Waals surface area (Å²) in [6, 6.07) is 6.96. The van der Waals surface area contributed by atoms with Crippen LogP contribution >= 0.6 is 12.6 Å². The maximum Gasteiger partial charge on any atom is 0.247 e. The van der Waals surface area contributed by atoms with Crippen LogP contribution in [0.1, 0.15) is 25.8 Å². The minimum atomic E-state index is -0.551. The van der Waals surface area contributed by atoms with E-state index >= 15 is 0 Å². The van der Waals surface area contributed by atoms with Crippen LogP contribution in [0.4, 0.5) is 5.69 Å². The molecule has 106 valence electrons. The first kappa shape index (κ1) is 14.8. The van der Waals surface area contributed by atoms with Crippen LogP contribution in [0.2, 0.25) is 0 Å². The highest BCUT2D eigenvalue weighted by Crippen LogP contribution is 2.25. The van der Waals surface area contributed by atoms with E-state index in [-0.39, 0.29) is 29.9 Å². The highest BCUT2D eigenvalue weighted by Gasteiger charge is 2.37. The predicted octanol–water partition coefficient (Wildman–Crippen LogP) is 2.02. The van der Waals surface area contributed by atoms with E-state index in [0.29, 0.717) is 12.1 Å². The Morgan fingerprint density at radius 1 is 1.30 bits per heavy atom. The van der Waals surface area contributed by atoms with Crippen LogP contribution in [0.25, 0.3) is 0 Å². The molecule has 1 aliphatic rings. The molecule has 1 aromatic carbocycles. The number of anilines is 1. The number of carbonyl (C=O) groups is 3. The molecule has 1 saturated heterocycles. The molecule has 5 heteroatoms. The van der Waals surface area contributed by atoms with Gasteiger partial charge in [-0.25, -0.2) is 4.90 Å². The minimum Gasteiger partial charge on any atom is -0.299 e. The largest absolute Gasteiger partial charge is 0.299 e. The Bertz CT molecular complexity index is 551. The first-order valence-corrected chi connectivity index (χ1v) is 7.08. The molecule has 0 saturated carbocycles. The topological polar surface area (TPSA) is 54.5 Å². The van der Waals surface area contributed by atoms with Gasteiger partial charge >= 0.3 is 0 Å². The van der Waals surface area contributed by atoms with Gasteiger partial charge in [-0.05, 0) is 17.7 Å². The molecule has 1 atom stereocenters. The van der Waals surface area contributed by atoms with E-state index in [0.717, 1.165) is 10.5 Å². The van der Waals surface area contributed by atoms with Crippen LogP contribution in [-0.4, -0.2) is 22.8 Å². The quantitative estimate of drug-likeness (QED) is 0.682. The molecular formula is C15H17NO3S. The zero-order valence-electron chi connectivity index (χ0n) is 11.5. The van der Waals surface area contributed by atoms with Crippen molar-refractivity contribution in [2.75, 3.05) is 4.90 Å². The minimum absolute atomic E-state index is 0.00125. The number of Topliss-reactive ketones (excluding diaryl/α,β-unsaturated/α-hetero) is 1. The fourth-order valence-electron chi connectivity index (χ4n) is 2.06. The van der Waals surface area contributed by atoms with Crippen molar-refractivity contribution in [1.29, 1.82) is 0 Å². The van der Waals surface area contributed by atoms with Gasteiger partial charge in [0.2, 0.25) is 11.8 Å². The van der Waals surface area contributed by atoms with E-state index in [4.69, 9.17) is 0 Å². The molecule has 0 bridgehead atoms. The summed E-state index contributed by atoms with van der Waals surface area (Å²) < 4.78 is 0. The van der Waals surface area contributed by atoms with Gasteiger partial charge in [-0.1, -0.05) is 26.0 Å². The number of rotatable bonds is 4. The van der Waals surface area contributed by atoms with Gasteiger partial charge < -0.3 is 0 Å². The maximum absolute atomic E-state index is 11.8. The van der Waals surface area contributed by atoms with Crippen molar-refractivity contribution in [3.8, 4) is 0 Å². The Morgan fingerprint density at radius 3 is 2.35 bits per heavy atom. The molecule has 1 aliphatic heterocycles. The summed E-state index contributed by atoms with van der Waals surface area (Å²) in [6.45, 7) is 3.73. The molecule has 4 nitrogen and oxygen atoms in total. The van der Waals surface area contributed by atoms with Crippen LogP contribution in [0.3, 0.4) is 0 Å². The first-order chi connectivity index (χ1) is 9.40. The van der Waals surface area contributed by atoms with E-state index in [9.17, 15) is 14.4 Å². The SMILES string of the molecule is CC(C)C(=O)Cc1ccc(N2C(=O)CC(S)C2=O)cc1. The van der Waals surface area contributed by atoms with Gasteiger partial charge in [-0.3, -0.25) is 14.4 Å². The summed E-state index contributed by atoms with van der Waals surface area (Å²) in [5.74, 6) is -0.354. The molecule has 0 aliphatic carbocycles. The summed E-state index contributed by atoms with van der Waals surface area (Å²) >= 11 is 4.09. The normalized spacial score (nSPS) is 19.0. The summed E-state index contributed by atoms with van der Waals surface area (Å²) in [6.07, 6.45) is 0.505. The molecule has 0 radical (unpaired) electrons. The monoisotopic (exact) mass is 291 g/mol. The Morgan fingerprint density at radius 2 is 1.90 bits per heavy atom. The average molecular weight is 291 g/mol. The third-order valence-electron chi connectivity index (χ3n) is 3.34. The predicted molar refractivity (Wildman–Crippen MR) is 79.9 cm³/mol. The maximum atomic E-state index is 11.8. The van der Waals surface area contributed by atoms with E-state index in [1.54, 1.807) is 24.3 Å². The first-order valence-electron chi connectivity index (χ1n) is 6.56. The molecule has 20 heavy (non-hydrogen) atoms. The number of carbonyl (C=O) groups excluding carboxylic acids is 3. The van der Waals surface area contributed by atoms with Gasteiger partial charge in [0, 0.05) is 18.8 Å². The van der Waals surface area contributed by atoms with Crippen LogP contribution in [0.5, 0.6) is 0 Å². The molecule has 1 heterocycles. The van der Waals surface area contributed by atoms with Crippen molar-refractivity contribution >= 4 is 35.9 Å². The van der Waals surface area contributed by atoms with Crippen molar-refractivity contribution < 1.29 is 14.4 Å². The number of thiol groups is 1. The van der Waals surface area contributed by atoms with Crippen molar-refractivity contribution in [2.45, 2.75) is 31.9 Å². The number of imide groups is 1. The summed E-state index contributed by atoms with van der Waals surface area (Å²) in [4.78, 5) is 36.4. The van der Waals surface area contributed by atoms with Gasteiger partial charge in [0.1, 0.15) is 5.78 Å². The molecule has 1 aromatic rings. The Balaban J connectivity index is 2.14. The molecule has 0 spiro atoms. The Hall–Kier alpha value is -1.62. The standard InChI is InChI=1S/C15H17NO3S/c1-9(2)12(17)7-10-3-5-11(6-4-10)16-14(18)8-13(20)15(16)19/h3-6,9,13,20H,7-8H2,1-2H3. The van der Waals surface area contributed by atoms with E-state index in [1.807, 2.05) is 13.8 Å². The average Bonchev–Trinajstić information content (AvgIpc) is 2.64. The van der Waals surface area contributed by atoms with Gasteiger partial charge in [0.25, 0.3) is 0 Å². The molecule has 2 amide bonds. The van der Waals surface area contributed by atoms with Crippen molar-refractivity contribution in [1.82, 2.24) is 0 Å². The van der Waals surface area contributed by atoms with Crippen LogP contribution in [0.15, 0.2) is 24.3 Å². The number of hydrogen-bond acceptors (Lipinski definition) is 4. The lowest BCUT2D eigenvalue weighted by Crippen LogP contribution is -2.30. The van der Waals surface area contributed by atoms with Crippen molar-refractivity contribution in [2.24, 2.45) is 5.92 Å². The second-order valence-corrected chi connectivity index (χ2v) is 5.87. The van der Waals surface area contributed by atoms with E-state index in [2.05, 4.69) is 12.6 Å². The van der Waals surface area contributed by atoms with Gasteiger partial charge in [0.15, 0.2) is 0 Å². The van der Waals surface area contributed by atoms with E-state index in [1.165, 1.54) is 0 Å². The molecule has 1 fully saturated rings. The Kier molecular flexibility index (Phi) is 4.28. The number of ketones is 1. The van der Waals surface area contributed by atoms with Crippen LogP contribution < -0.4 is 4.90 Å². The highest BCUT2D eigenvalue weighted by molar-refractivity contribution is 7.82. The number of benzene rings is 1. The van der Waals surface area contributed by atoms with Crippen molar-refractivity contribution in [3.63, 3.8) is 0 Å². The number of amides is 2. The lowest BCUT2D eigenvalue weighted by Gasteiger charge is -2.14. The molecule has 2 rings (SSSR count). The van der Waals surface area contributed by atoms with Gasteiger partial charge in [-0.15, -0.1) is 0 Å².